The summed E-state index contributed by atoms with van der Waals surface area (Å²) >= 11 is 0. The number of methoxy groups -OCH3 is 1. The molecule has 2 saturated carbocycles. The minimum atomic E-state index is -2.59. The van der Waals surface area contributed by atoms with Gasteiger partial charge >= 0.3 is 5.97 Å². The molecule has 1 spiro atoms. The maximum absolute atomic E-state index is 14.1. The van der Waals surface area contributed by atoms with Crippen LogP contribution in [0.15, 0.2) is 36.5 Å². The molecular formula is C30H35F2N3O3. The van der Waals surface area contributed by atoms with Crippen LogP contribution in [0.3, 0.4) is 0 Å². The summed E-state index contributed by atoms with van der Waals surface area (Å²) in [6.45, 7) is 4.14. The molecule has 1 atom stereocenters. The van der Waals surface area contributed by atoms with Gasteiger partial charge in [-0.15, -0.1) is 0 Å². The van der Waals surface area contributed by atoms with E-state index in [0.29, 0.717) is 25.4 Å². The van der Waals surface area contributed by atoms with Crippen LogP contribution in [-0.4, -0.2) is 47.1 Å². The summed E-state index contributed by atoms with van der Waals surface area (Å²) in [5, 5.41) is 14.3. The standard InChI is InChI=1S/C30H35F2N3O3/c1-18-11-26(38-2)23(21-7-9-33-27(18)21)15-35-10-8-29(16-30(31,32)17-29)13-25(35)22-6-5-20(28(36)37)12-24(22)34-14-19-3-4-19/h5-7,9,11-12,19,25,33-34H,3-4,8,10,13-17H2,1-2H3,(H,36,37)/t25-/m1/s1. The van der Waals surface area contributed by atoms with Gasteiger partial charge in [0.25, 0.3) is 0 Å². The molecule has 0 bridgehead atoms. The number of anilines is 1. The zero-order valence-corrected chi connectivity index (χ0v) is 21.9. The van der Waals surface area contributed by atoms with E-state index in [1.807, 2.05) is 18.3 Å². The molecule has 3 fully saturated rings. The highest BCUT2D eigenvalue weighted by molar-refractivity contribution is 5.89. The number of fused-ring (bicyclic) bond motifs is 1. The first-order valence-electron chi connectivity index (χ1n) is 13.5. The smallest absolute Gasteiger partial charge is 0.335 e. The van der Waals surface area contributed by atoms with Crippen molar-refractivity contribution >= 4 is 22.6 Å². The Hall–Kier alpha value is -3.13. The Morgan fingerprint density at radius 2 is 2.03 bits per heavy atom. The molecule has 2 aliphatic carbocycles. The maximum atomic E-state index is 14.1. The van der Waals surface area contributed by atoms with Gasteiger partial charge in [0.15, 0.2) is 0 Å². The van der Waals surface area contributed by atoms with Crippen LogP contribution < -0.4 is 10.1 Å². The highest BCUT2D eigenvalue weighted by atomic mass is 19.3. The number of nitrogens with zero attached hydrogens (tertiary/aromatic N) is 1. The van der Waals surface area contributed by atoms with Crippen molar-refractivity contribution < 1.29 is 23.4 Å². The van der Waals surface area contributed by atoms with E-state index in [2.05, 4.69) is 28.2 Å². The minimum absolute atomic E-state index is 0.0711. The van der Waals surface area contributed by atoms with Gasteiger partial charge in [0.05, 0.1) is 12.7 Å². The van der Waals surface area contributed by atoms with Crippen molar-refractivity contribution in [3.63, 3.8) is 0 Å². The molecule has 8 heteroatoms. The summed E-state index contributed by atoms with van der Waals surface area (Å²) in [6.07, 6.45) is 5.49. The highest BCUT2D eigenvalue weighted by Crippen LogP contribution is 2.61. The lowest BCUT2D eigenvalue weighted by atomic mass is 9.58. The van der Waals surface area contributed by atoms with E-state index in [-0.39, 0.29) is 29.9 Å². The van der Waals surface area contributed by atoms with Crippen LogP contribution in [0, 0.1) is 18.3 Å². The first kappa shape index (κ1) is 25.2. The first-order chi connectivity index (χ1) is 18.2. The SMILES string of the molecule is COc1cc(C)c2[nH]ccc2c1CN1CCC2(C[C@@H]1c1ccc(C(=O)O)cc1NCC1CC1)CC(F)(F)C2. The van der Waals surface area contributed by atoms with E-state index < -0.39 is 11.9 Å². The monoisotopic (exact) mass is 523 g/mol. The Morgan fingerprint density at radius 3 is 2.71 bits per heavy atom. The number of halogens is 2. The Balaban J connectivity index is 1.39. The molecule has 3 aromatic rings. The highest BCUT2D eigenvalue weighted by Gasteiger charge is 2.58. The second-order valence-electron chi connectivity index (χ2n) is 11.7. The number of hydrogen-bond acceptors (Lipinski definition) is 4. The number of rotatable bonds is 8. The number of carbonyl (C=O) groups is 1. The van der Waals surface area contributed by atoms with Gasteiger partial charge in [-0.3, -0.25) is 4.90 Å². The molecule has 6 nitrogen and oxygen atoms in total. The predicted octanol–water partition coefficient (Wildman–Crippen LogP) is 6.76. The number of aryl methyl sites for hydroxylation is 1. The average molecular weight is 524 g/mol. The van der Waals surface area contributed by atoms with Gasteiger partial charge in [-0.2, -0.15) is 0 Å². The third kappa shape index (κ3) is 4.64. The van der Waals surface area contributed by atoms with Gasteiger partial charge in [0.1, 0.15) is 5.75 Å². The van der Waals surface area contributed by atoms with Crippen LogP contribution in [0.1, 0.15) is 71.6 Å². The molecule has 1 aliphatic heterocycles. The van der Waals surface area contributed by atoms with E-state index >= 15 is 0 Å². The summed E-state index contributed by atoms with van der Waals surface area (Å²) in [5.74, 6) is -2.14. The number of hydrogen-bond donors (Lipinski definition) is 3. The zero-order chi connectivity index (χ0) is 26.7. The van der Waals surface area contributed by atoms with Crippen molar-refractivity contribution in [1.82, 2.24) is 9.88 Å². The summed E-state index contributed by atoms with van der Waals surface area (Å²) in [6, 6.07) is 9.24. The molecular weight excluding hydrogens is 488 g/mol. The lowest BCUT2D eigenvalue weighted by Crippen LogP contribution is -2.53. The number of nitrogens with one attached hydrogen (secondary N) is 2. The van der Waals surface area contributed by atoms with Crippen LogP contribution in [-0.2, 0) is 6.54 Å². The Bertz CT molecular complexity index is 1370. The van der Waals surface area contributed by atoms with Gasteiger partial charge in [-0.05, 0) is 85.9 Å². The number of likely N-dealkylation sites (tertiary alicyclic amines) is 1. The number of carboxylic acid groups (broad SMARTS) is 1. The summed E-state index contributed by atoms with van der Waals surface area (Å²) in [5.41, 5.74) is 4.88. The van der Waals surface area contributed by atoms with E-state index in [1.165, 1.54) is 12.8 Å². The number of alkyl halides is 2. The third-order valence-corrected chi connectivity index (χ3v) is 8.89. The van der Waals surface area contributed by atoms with E-state index in [0.717, 1.165) is 52.0 Å². The maximum Gasteiger partial charge on any atom is 0.335 e. The molecule has 6 rings (SSSR count). The topological polar surface area (TPSA) is 77.6 Å². The van der Waals surface area contributed by atoms with Gasteiger partial charge in [0, 0.05) is 60.3 Å². The van der Waals surface area contributed by atoms with Crippen LogP contribution in [0.25, 0.3) is 10.9 Å². The predicted molar refractivity (Wildman–Crippen MR) is 143 cm³/mol. The number of piperidine rings is 1. The summed E-state index contributed by atoms with van der Waals surface area (Å²) < 4.78 is 34.1. The number of ether oxygens (including phenoxy) is 1. The van der Waals surface area contributed by atoms with Crippen molar-refractivity contribution in [3.05, 3.63) is 58.8 Å². The molecule has 38 heavy (non-hydrogen) atoms. The van der Waals surface area contributed by atoms with Gasteiger partial charge in [0.2, 0.25) is 5.92 Å². The number of aromatic amines is 1. The van der Waals surface area contributed by atoms with Crippen molar-refractivity contribution in [2.75, 3.05) is 25.5 Å². The first-order valence-corrected chi connectivity index (χ1v) is 13.5. The van der Waals surface area contributed by atoms with Crippen LogP contribution >= 0.6 is 0 Å². The van der Waals surface area contributed by atoms with Gasteiger partial charge in [-0.25, -0.2) is 13.6 Å². The fourth-order valence-corrected chi connectivity index (χ4v) is 6.73. The second-order valence-corrected chi connectivity index (χ2v) is 11.7. The van der Waals surface area contributed by atoms with Crippen LogP contribution in [0.4, 0.5) is 14.5 Å². The molecule has 202 valence electrons. The van der Waals surface area contributed by atoms with E-state index in [1.54, 1.807) is 19.2 Å². The zero-order valence-electron chi connectivity index (χ0n) is 21.9. The largest absolute Gasteiger partial charge is 0.496 e. The molecule has 0 radical (unpaired) electrons. The summed E-state index contributed by atoms with van der Waals surface area (Å²) in [7, 11) is 1.68. The molecule has 1 aromatic heterocycles. The molecule has 2 aromatic carbocycles. The number of aromatic carboxylic acids is 1. The van der Waals surface area contributed by atoms with Gasteiger partial charge in [-0.1, -0.05) is 6.07 Å². The molecule has 2 heterocycles. The van der Waals surface area contributed by atoms with Gasteiger partial charge < -0.3 is 20.1 Å². The molecule has 0 amide bonds. The second kappa shape index (κ2) is 9.26. The number of aromatic nitrogens is 1. The fourth-order valence-electron chi connectivity index (χ4n) is 6.73. The molecule has 0 unspecified atom stereocenters. The van der Waals surface area contributed by atoms with E-state index in [4.69, 9.17) is 4.74 Å². The minimum Gasteiger partial charge on any atom is -0.496 e. The third-order valence-electron chi connectivity index (χ3n) is 8.89. The van der Waals surface area contributed by atoms with Crippen molar-refractivity contribution in [2.24, 2.45) is 11.3 Å². The molecule has 3 aliphatic rings. The van der Waals surface area contributed by atoms with Crippen LogP contribution in [0.5, 0.6) is 5.75 Å². The number of benzene rings is 2. The average Bonchev–Trinajstić information content (AvgIpc) is 3.56. The Morgan fingerprint density at radius 1 is 1.24 bits per heavy atom. The van der Waals surface area contributed by atoms with Crippen molar-refractivity contribution in [2.45, 2.75) is 64.0 Å². The van der Waals surface area contributed by atoms with E-state index in [9.17, 15) is 18.7 Å². The fraction of sp³-hybridized carbons (Fsp3) is 0.500. The van der Waals surface area contributed by atoms with Crippen molar-refractivity contribution in [3.8, 4) is 5.75 Å². The molecule has 1 saturated heterocycles. The quantitative estimate of drug-likeness (QED) is 0.304. The normalized spacial score (nSPS) is 22.4. The number of carboxylic acids is 1. The lowest BCUT2D eigenvalue weighted by Gasteiger charge is -2.55. The Labute approximate surface area is 221 Å². The number of H-pyrrole nitrogens is 1. The Kier molecular flexibility index (Phi) is 6.13. The summed E-state index contributed by atoms with van der Waals surface area (Å²) in [4.78, 5) is 17.5. The molecule has 3 N–H and O–H groups in total. The lowest BCUT2D eigenvalue weighted by molar-refractivity contribution is -0.186. The van der Waals surface area contributed by atoms with Crippen LogP contribution in [0.2, 0.25) is 0 Å². The van der Waals surface area contributed by atoms with Crippen molar-refractivity contribution in [1.29, 1.82) is 0 Å².